The molecule has 2 amide bonds. The van der Waals surface area contributed by atoms with Gasteiger partial charge in [-0.2, -0.15) is 0 Å². The Morgan fingerprint density at radius 2 is 1.89 bits per heavy atom. The largest absolute Gasteiger partial charge is 0.484 e. The molecule has 2 aromatic carbocycles. The average molecular weight is 499 g/mol. The second-order valence-corrected chi connectivity index (χ2v) is 9.05. The maximum Gasteiger partial charge on any atom is 0.355 e. The maximum absolute atomic E-state index is 12.8. The van der Waals surface area contributed by atoms with E-state index in [0.29, 0.717) is 28.3 Å². The van der Waals surface area contributed by atoms with Crippen LogP contribution in [0.4, 0.5) is 11.4 Å². The summed E-state index contributed by atoms with van der Waals surface area (Å²) in [5.74, 6) is -0.584. The van der Waals surface area contributed by atoms with Crippen LogP contribution in [0.1, 0.15) is 12.5 Å². The van der Waals surface area contributed by atoms with Gasteiger partial charge < -0.3 is 20.5 Å². The van der Waals surface area contributed by atoms with Crippen molar-refractivity contribution in [2.45, 2.75) is 24.9 Å². The summed E-state index contributed by atoms with van der Waals surface area (Å²) >= 11 is 1.44. The van der Waals surface area contributed by atoms with Crippen LogP contribution in [0.15, 0.2) is 59.8 Å². The summed E-state index contributed by atoms with van der Waals surface area (Å²) in [4.78, 5) is 49.5. The van der Waals surface area contributed by atoms with Crippen molar-refractivity contribution in [1.82, 2.24) is 10.2 Å². The van der Waals surface area contributed by atoms with Gasteiger partial charge in [-0.05, 0) is 54.5 Å². The van der Waals surface area contributed by atoms with Crippen LogP contribution in [0, 0.1) is 10.1 Å². The lowest BCUT2D eigenvalue weighted by Gasteiger charge is -2.49. The number of fused-ring (bicyclic) bond motifs is 1. The van der Waals surface area contributed by atoms with Crippen LogP contribution in [-0.4, -0.2) is 51.4 Å². The van der Waals surface area contributed by atoms with Crippen molar-refractivity contribution >= 4 is 40.9 Å². The number of amides is 2. The number of esters is 1. The van der Waals surface area contributed by atoms with Crippen LogP contribution in [0.5, 0.6) is 5.75 Å². The van der Waals surface area contributed by atoms with Gasteiger partial charge in [0.15, 0.2) is 6.61 Å². The zero-order chi connectivity index (χ0) is 25.1. The first kappa shape index (κ1) is 24.1. The SMILES string of the molecule is CC1=C(C(=O)OCc2ccc([N+](=O)[O-])cc2)N2C(=O)C(NC(=O)COc3ccc(N)cc3)[C@@H]2SC1. The zero-order valence-electron chi connectivity index (χ0n) is 18.6. The minimum atomic E-state index is -0.784. The van der Waals surface area contributed by atoms with Gasteiger partial charge in [0.2, 0.25) is 0 Å². The van der Waals surface area contributed by atoms with Crippen molar-refractivity contribution in [3.05, 3.63) is 75.5 Å². The van der Waals surface area contributed by atoms with E-state index in [4.69, 9.17) is 15.2 Å². The lowest BCUT2D eigenvalue weighted by molar-refractivity contribution is -0.384. The fraction of sp³-hybridized carbons (Fsp3) is 0.261. The number of anilines is 1. The Hall–Kier alpha value is -4.06. The molecule has 1 fully saturated rings. The number of benzene rings is 2. The molecular weight excluding hydrogens is 476 g/mol. The van der Waals surface area contributed by atoms with E-state index in [1.54, 1.807) is 31.2 Å². The molecule has 1 unspecified atom stereocenters. The predicted molar refractivity (Wildman–Crippen MR) is 127 cm³/mol. The summed E-state index contributed by atoms with van der Waals surface area (Å²) < 4.78 is 10.8. The molecule has 0 radical (unpaired) electrons. The number of nitro groups is 1. The van der Waals surface area contributed by atoms with Gasteiger partial charge in [-0.25, -0.2) is 4.79 Å². The number of ether oxygens (including phenoxy) is 2. The van der Waals surface area contributed by atoms with Gasteiger partial charge in [0, 0.05) is 23.6 Å². The number of nitrogens with zero attached hydrogens (tertiary/aromatic N) is 2. The molecule has 0 aliphatic carbocycles. The van der Waals surface area contributed by atoms with Gasteiger partial charge in [-0.1, -0.05) is 0 Å². The van der Waals surface area contributed by atoms with Gasteiger partial charge in [-0.3, -0.25) is 24.6 Å². The predicted octanol–water partition coefficient (Wildman–Crippen LogP) is 1.97. The summed E-state index contributed by atoms with van der Waals surface area (Å²) in [6.45, 7) is 1.37. The van der Waals surface area contributed by atoms with Gasteiger partial charge in [0.1, 0.15) is 29.5 Å². The maximum atomic E-state index is 12.8. The van der Waals surface area contributed by atoms with Crippen molar-refractivity contribution < 1.29 is 28.8 Å². The molecule has 1 saturated heterocycles. The first-order valence-electron chi connectivity index (χ1n) is 10.6. The van der Waals surface area contributed by atoms with E-state index in [1.165, 1.54) is 40.9 Å². The number of thioether (sulfide) groups is 1. The molecule has 182 valence electrons. The Labute approximate surface area is 204 Å². The third-order valence-electron chi connectivity index (χ3n) is 5.44. The monoisotopic (exact) mass is 498 g/mol. The molecule has 0 saturated carbocycles. The Morgan fingerprint density at radius 1 is 1.20 bits per heavy atom. The second-order valence-electron chi connectivity index (χ2n) is 7.94. The van der Waals surface area contributed by atoms with E-state index in [2.05, 4.69) is 5.32 Å². The summed E-state index contributed by atoms with van der Waals surface area (Å²) in [5.41, 5.74) is 7.54. The molecule has 3 N–H and O–H groups in total. The molecule has 2 aliphatic heterocycles. The van der Waals surface area contributed by atoms with Gasteiger partial charge >= 0.3 is 5.97 Å². The number of β-lactam (4-membered cyclic amide) rings is 1. The van der Waals surface area contributed by atoms with Crippen molar-refractivity contribution in [3.8, 4) is 5.75 Å². The van der Waals surface area contributed by atoms with Crippen LogP contribution in [0.3, 0.4) is 0 Å². The molecule has 2 atom stereocenters. The molecule has 2 aromatic rings. The lowest BCUT2D eigenvalue weighted by atomic mass is 10.0. The standard InChI is InChI=1S/C23H22N4O7S/c1-13-12-35-22-19(25-18(28)11-33-17-8-4-15(24)5-9-17)21(29)26(22)20(13)23(30)34-10-14-2-6-16(7-3-14)27(31)32/h2-9,19,22H,10-12,24H2,1H3,(H,25,28)/t19?,22-/m0/s1. The first-order chi connectivity index (χ1) is 16.7. The van der Waals surface area contributed by atoms with E-state index in [-0.39, 0.29) is 24.6 Å². The Bertz CT molecular complexity index is 1200. The van der Waals surface area contributed by atoms with E-state index in [9.17, 15) is 24.5 Å². The number of hydrogen-bond acceptors (Lipinski definition) is 9. The van der Waals surface area contributed by atoms with E-state index in [0.717, 1.165) is 0 Å². The number of nitrogens with two attached hydrogens (primary N) is 1. The summed E-state index contributed by atoms with van der Waals surface area (Å²) in [5, 5.41) is 13.0. The topological polar surface area (TPSA) is 154 Å². The zero-order valence-corrected chi connectivity index (χ0v) is 19.4. The molecule has 12 heteroatoms. The number of nitro benzene ring substituents is 1. The number of carbonyl (C=O) groups excluding carboxylic acids is 3. The molecule has 0 spiro atoms. The number of carbonyl (C=O) groups is 3. The third kappa shape index (κ3) is 5.22. The summed E-state index contributed by atoms with van der Waals surface area (Å²) in [6.07, 6.45) is 0. The Morgan fingerprint density at radius 3 is 2.54 bits per heavy atom. The third-order valence-corrected chi connectivity index (χ3v) is 6.86. The lowest BCUT2D eigenvalue weighted by Crippen LogP contribution is -2.70. The molecule has 4 rings (SSSR count). The van der Waals surface area contributed by atoms with Crippen molar-refractivity contribution in [2.75, 3.05) is 18.1 Å². The van der Waals surface area contributed by atoms with Gasteiger partial charge in [0.25, 0.3) is 17.5 Å². The highest BCUT2D eigenvalue weighted by atomic mass is 32.2. The van der Waals surface area contributed by atoms with Gasteiger partial charge in [-0.15, -0.1) is 11.8 Å². The minimum absolute atomic E-state index is 0.0658. The summed E-state index contributed by atoms with van der Waals surface area (Å²) in [6, 6.07) is 11.4. The van der Waals surface area contributed by atoms with Crippen molar-refractivity contribution in [1.29, 1.82) is 0 Å². The number of nitrogens with one attached hydrogen (secondary N) is 1. The highest BCUT2D eigenvalue weighted by Crippen LogP contribution is 2.40. The Kier molecular flexibility index (Phi) is 6.92. The van der Waals surface area contributed by atoms with Crippen LogP contribution in [0.25, 0.3) is 0 Å². The normalized spacial score (nSPS) is 18.9. The highest BCUT2D eigenvalue weighted by molar-refractivity contribution is 8.00. The highest BCUT2D eigenvalue weighted by Gasteiger charge is 2.54. The minimum Gasteiger partial charge on any atom is -0.484 e. The van der Waals surface area contributed by atoms with E-state index in [1.807, 2.05) is 0 Å². The van der Waals surface area contributed by atoms with Crippen molar-refractivity contribution in [2.24, 2.45) is 0 Å². The molecular formula is C23H22N4O7S. The average Bonchev–Trinajstić information content (AvgIpc) is 2.85. The summed E-state index contributed by atoms with van der Waals surface area (Å²) in [7, 11) is 0. The second kappa shape index (κ2) is 10.1. The number of rotatable bonds is 8. The van der Waals surface area contributed by atoms with E-state index >= 15 is 0 Å². The van der Waals surface area contributed by atoms with Crippen LogP contribution < -0.4 is 15.8 Å². The molecule has 0 aromatic heterocycles. The molecule has 11 nitrogen and oxygen atoms in total. The molecule has 2 heterocycles. The smallest absolute Gasteiger partial charge is 0.355 e. The van der Waals surface area contributed by atoms with E-state index < -0.39 is 34.1 Å². The number of hydrogen-bond donors (Lipinski definition) is 2. The molecule has 35 heavy (non-hydrogen) atoms. The first-order valence-corrected chi connectivity index (χ1v) is 11.6. The van der Waals surface area contributed by atoms with Gasteiger partial charge in [0.05, 0.1) is 4.92 Å². The van der Waals surface area contributed by atoms with Crippen LogP contribution >= 0.6 is 11.8 Å². The number of nitrogen functional groups attached to an aromatic ring is 1. The van der Waals surface area contributed by atoms with Crippen LogP contribution in [-0.2, 0) is 25.7 Å². The number of non-ortho nitro benzene ring substituents is 1. The quantitative estimate of drug-likeness (QED) is 0.183. The fourth-order valence-electron chi connectivity index (χ4n) is 3.62. The molecule has 2 aliphatic rings. The molecule has 0 bridgehead atoms. The Balaban J connectivity index is 1.33. The van der Waals surface area contributed by atoms with Crippen LogP contribution in [0.2, 0.25) is 0 Å². The fourth-order valence-corrected chi connectivity index (χ4v) is 4.91. The van der Waals surface area contributed by atoms with Crippen molar-refractivity contribution in [3.63, 3.8) is 0 Å².